The van der Waals surface area contributed by atoms with Crippen LogP contribution in [0, 0.1) is 11.8 Å². The van der Waals surface area contributed by atoms with Gasteiger partial charge in [0.15, 0.2) is 0 Å². The molecule has 1 atom stereocenters. The molecule has 1 fully saturated rings. The predicted molar refractivity (Wildman–Crippen MR) is 94.4 cm³/mol. The van der Waals surface area contributed by atoms with E-state index >= 15 is 0 Å². The zero-order chi connectivity index (χ0) is 17.3. The van der Waals surface area contributed by atoms with Crippen LogP contribution in [0.2, 0.25) is 0 Å². The van der Waals surface area contributed by atoms with E-state index in [9.17, 15) is 13.2 Å². The van der Waals surface area contributed by atoms with Crippen molar-refractivity contribution in [2.24, 2.45) is 17.6 Å². The molecule has 3 N–H and O–H groups in total. The van der Waals surface area contributed by atoms with Crippen molar-refractivity contribution < 1.29 is 13.2 Å². The summed E-state index contributed by atoms with van der Waals surface area (Å²) in [4.78, 5) is 11.9. The first-order valence-corrected chi connectivity index (χ1v) is 10.8. The molecule has 0 aromatic carbocycles. The minimum atomic E-state index is -3.59. The minimum Gasteiger partial charge on any atom is -0.320 e. The lowest BCUT2D eigenvalue weighted by molar-refractivity contribution is -0.120. The summed E-state index contributed by atoms with van der Waals surface area (Å²) in [6.45, 7) is 3.92. The number of amides is 1. The van der Waals surface area contributed by atoms with Gasteiger partial charge >= 0.3 is 0 Å². The molecule has 0 heterocycles. The molecule has 0 aromatic rings. The normalized spacial score (nSPS) is 20.2. The number of carbonyl (C=O) groups excluding carboxylic acids is 1. The van der Waals surface area contributed by atoms with Crippen molar-refractivity contribution in [3.63, 3.8) is 0 Å². The number of rotatable bonds is 6. The van der Waals surface area contributed by atoms with Gasteiger partial charge in [-0.25, -0.2) is 8.42 Å². The molecule has 0 aromatic heterocycles. The maximum atomic E-state index is 12.3. The molecule has 1 aliphatic rings. The van der Waals surface area contributed by atoms with Crippen molar-refractivity contribution in [1.82, 2.24) is 4.72 Å². The van der Waals surface area contributed by atoms with Gasteiger partial charge in [0.25, 0.3) is 0 Å². The Morgan fingerprint density at radius 1 is 1.04 bits per heavy atom. The lowest BCUT2D eigenvalue weighted by atomic mass is 9.94. The first kappa shape index (κ1) is 20.4. The Balaban J connectivity index is 2.52. The maximum Gasteiger partial charge on any atom is 0.250 e. The van der Waals surface area contributed by atoms with Crippen LogP contribution in [0.4, 0.5) is 0 Å². The van der Waals surface area contributed by atoms with Crippen molar-refractivity contribution in [3.05, 3.63) is 0 Å². The highest BCUT2D eigenvalue weighted by molar-refractivity contribution is 7.90. The van der Waals surface area contributed by atoms with Gasteiger partial charge in [-0.05, 0) is 31.1 Å². The van der Waals surface area contributed by atoms with Crippen molar-refractivity contribution >= 4 is 15.9 Å². The second kappa shape index (κ2) is 10.3. The molecule has 6 heteroatoms. The molecule has 0 aliphatic heterocycles. The van der Waals surface area contributed by atoms with Crippen LogP contribution in [-0.2, 0) is 14.8 Å². The minimum absolute atomic E-state index is 0.0487. The SMILES string of the molecule is CC(C)C[C@H](N)C(=O)NS(=O)(=O)CC1CCCCCCCCC1. The number of hydrogen-bond donors (Lipinski definition) is 2. The van der Waals surface area contributed by atoms with Gasteiger partial charge < -0.3 is 5.73 Å². The molecule has 0 unspecified atom stereocenters. The zero-order valence-electron chi connectivity index (χ0n) is 14.7. The largest absolute Gasteiger partial charge is 0.320 e. The summed E-state index contributed by atoms with van der Waals surface area (Å²) in [6, 6.07) is -0.756. The van der Waals surface area contributed by atoms with E-state index in [2.05, 4.69) is 4.72 Å². The van der Waals surface area contributed by atoms with E-state index in [1.165, 1.54) is 32.1 Å². The van der Waals surface area contributed by atoms with Gasteiger partial charge in [-0.3, -0.25) is 9.52 Å². The Morgan fingerprint density at radius 3 is 2.00 bits per heavy atom. The van der Waals surface area contributed by atoms with E-state index in [1.807, 2.05) is 13.8 Å². The molecule has 0 spiro atoms. The van der Waals surface area contributed by atoms with Crippen LogP contribution in [0.3, 0.4) is 0 Å². The summed E-state index contributed by atoms with van der Waals surface area (Å²) in [5.41, 5.74) is 5.77. The highest BCUT2D eigenvalue weighted by Gasteiger charge is 2.24. The van der Waals surface area contributed by atoms with Crippen molar-refractivity contribution in [3.8, 4) is 0 Å². The fourth-order valence-electron chi connectivity index (χ4n) is 3.26. The molecule has 1 saturated carbocycles. The number of hydrogen-bond acceptors (Lipinski definition) is 4. The standard InChI is InChI=1S/C17H34N2O3S/c1-14(2)12-16(18)17(20)19-23(21,22)13-15-10-8-6-4-3-5-7-9-11-15/h14-16H,3-13,18H2,1-2H3,(H,19,20)/t16-/m0/s1. The van der Waals surface area contributed by atoms with Crippen molar-refractivity contribution in [2.45, 2.75) is 84.1 Å². The molecule has 1 rings (SSSR count). The first-order chi connectivity index (χ1) is 10.8. The summed E-state index contributed by atoms with van der Waals surface area (Å²) in [5, 5.41) is 0. The lowest BCUT2D eigenvalue weighted by Gasteiger charge is -2.20. The summed E-state index contributed by atoms with van der Waals surface area (Å²) < 4.78 is 26.7. The van der Waals surface area contributed by atoms with Crippen molar-refractivity contribution in [2.75, 3.05) is 5.75 Å². The summed E-state index contributed by atoms with van der Waals surface area (Å²) in [7, 11) is -3.59. The Hall–Kier alpha value is -0.620. The average Bonchev–Trinajstić information content (AvgIpc) is 2.44. The van der Waals surface area contributed by atoms with Crippen LogP contribution < -0.4 is 10.5 Å². The Labute approximate surface area is 141 Å². The number of nitrogens with one attached hydrogen (secondary N) is 1. The summed E-state index contributed by atoms with van der Waals surface area (Å²) >= 11 is 0. The van der Waals surface area contributed by atoms with Crippen LogP contribution in [0.5, 0.6) is 0 Å². The third-order valence-corrected chi connectivity index (χ3v) is 5.92. The summed E-state index contributed by atoms with van der Waals surface area (Å²) in [5.74, 6) is -0.109. The lowest BCUT2D eigenvalue weighted by Crippen LogP contribution is -2.45. The van der Waals surface area contributed by atoms with E-state index < -0.39 is 22.0 Å². The third-order valence-electron chi connectivity index (χ3n) is 4.50. The first-order valence-electron chi connectivity index (χ1n) is 9.10. The zero-order valence-corrected chi connectivity index (χ0v) is 15.5. The van der Waals surface area contributed by atoms with Gasteiger partial charge in [0.2, 0.25) is 15.9 Å². The van der Waals surface area contributed by atoms with Crippen LogP contribution in [-0.4, -0.2) is 26.1 Å². The number of carbonyl (C=O) groups is 1. The second-order valence-electron chi connectivity index (χ2n) is 7.40. The van der Waals surface area contributed by atoms with Crippen LogP contribution in [0.25, 0.3) is 0 Å². The molecule has 1 amide bonds. The predicted octanol–water partition coefficient (Wildman–Crippen LogP) is 2.95. The fraction of sp³-hybridized carbons (Fsp3) is 0.941. The van der Waals surface area contributed by atoms with Gasteiger partial charge in [-0.15, -0.1) is 0 Å². The molecule has 1 aliphatic carbocycles. The molecule has 0 bridgehead atoms. The monoisotopic (exact) mass is 346 g/mol. The molecule has 136 valence electrons. The molecular formula is C17H34N2O3S. The van der Waals surface area contributed by atoms with Gasteiger partial charge in [-0.2, -0.15) is 0 Å². The smallest absolute Gasteiger partial charge is 0.250 e. The average molecular weight is 347 g/mol. The maximum absolute atomic E-state index is 12.3. The van der Waals surface area contributed by atoms with Crippen molar-refractivity contribution in [1.29, 1.82) is 0 Å². The Morgan fingerprint density at radius 2 is 1.52 bits per heavy atom. The number of nitrogens with two attached hydrogens (primary N) is 1. The van der Waals surface area contributed by atoms with E-state index in [1.54, 1.807) is 0 Å². The second-order valence-corrected chi connectivity index (χ2v) is 9.17. The van der Waals surface area contributed by atoms with Crippen LogP contribution in [0.1, 0.15) is 78.1 Å². The van der Waals surface area contributed by atoms with E-state index in [0.717, 1.165) is 25.7 Å². The Bertz CT molecular complexity index is 439. The topological polar surface area (TPSA) is 89.3 Å². The quantitative estimate of drug-likeness (QED) is 0.774. The molecule has 23 heavy (non-hydrogen) atoms. The fourth-order valence-corrected chi connectivity index (χ4v) is 4.75. The number of sulfonamides is 1. The highest BCUT2D eigenvalue weighted by Crippen LogP contribution is 2.22. The van der Waals surface area contributed by atoms with E-state index in [-0.39, 0.29) is 17.6 Å². The van der Waals surface area contributed by atoms with Gasteiger partial charge in [0, 0.05) is 0 Å². The van der Waals surface area contributed by atoms with Gasteiger partial charge in [0.1, 0.15) is 0 Å². The van der Waals surface area contributed by atoms with E-state index in [0.29, 0.717) is 6.42 Å². The van der Waals surface area contributed by atoms with Crippen LogP contribution >= 0.6 is 0 Å². The Kier molecular flexibility index (Phi) is 9.14. The van der Waals surface area contributed by atoms with Gasteiger partial charge in [0.05, 0.1) is 11.8 Å². The van der Waals surface area contributed by atoms with E-state index in [4.69, 9.17) is 5.73 Å². The highest BCUT2D eigenvalue weighted by atomic mass is 32.2. The molecule has 5 nitrogen and oxygen atoms in total. The third kappa shape index (κ3) is 9.30. The molecule has 0 saturated heterocycles. The molecular weight excluding hydrogens is 312 g/mol. The van der Waals surface area contributed by atoms with Crippen LogP contribution in [0.15, 0.2) is 0 Å². The summed E-state index contributed by atoms with van der Waals surface area (Å²) in [6.07, 6.45) is 10.7. The molecule has 0 radical (unpaired) electrons. The van der Waals surface area contributed by atoms with Gasteiger partial charge in [-0.1, -0.05) is 58.8 Å².